The highest BCUT2D eigenvalue weighted by atomic mass is 16.5. The SMILES string of the molecule is O=C(NC[C@H]1CCCO1)C1CC[NH+](Cc2ccc(OCc3ccccc3)cc2)CC1. The Morgan fingerprint density at radius 2 is 1.77 bits per heavy atom. The number of quaternary nitrogens is 1. The molecule has 2 aliphatic rings. The fraction of sp³-hybridized carbons (Fsp3) is 0.480. The minimum atomic E-state index is 0.156. The molecule has 0 unspecified atom stereocenters. The molecular weight excluding hydrogens is 376 g/mol. The second-order valence-corrected chi connectivity index (χ2v) is 8.50. The maximum Gasteiger partial charge on any atom is 0.223 e. The number of carbonyl (C=O) groups is 1. The van der Waals surface area contributed by atoms with Crippen molar-refractivity contribution in [3.05, 3.63) is 65.7 Å². The highest BCUT2D eigenvalue weighted by molar-refractivity contribution is 5.78. The van der Waals surface area contributed by atoms with Crippen LogP contribution < -0.4 is 15.0 Å². The summed E-state index contributed by atoms with van der Waals surface area (Å²) in [7, 11) is 0. The van der Waals surface area contributed by atoms with Crippen LogP contribution in [0.3, 0.4) is 0 Å². The van der Waals surface area contributed by atoms with E-state index in [1.165, 1.54) is 11.1 Å². The van der Waals surface area contributed by atoms with Gasteiger partial charge in [0.2, 0.25) is 5.91 Å². The van der Waals surface area contributed by atoms with Crippen molar-refractivity contribution in [3.8, 4) is 5.75 Å². The van der Waals surface area contributed by atoms with Crippen LogP contribution in [0.5, 0.6) is 5.75 Å². The van der Waals surface area contributed by atoms with Gasteiger partial charge in [0.1, 0.15) is 18.9 Å². The van der Waals surface area contributed by atoms with Crippen LogP contribution in [0.2, 0.25) is 0 Å². The molecule has 0 aliphatic carbocycles. The Morgan fingerprint density at radius 1 is 1.00 bits per heavy atom. The predicted molar refractivity (Wildman–Crippen MR) is 116 cm³/mol. The highest BCUT2D eigenvalue weighted by Crippen LogP contribution is 2.15. The van der Waals surface area contributed by atoms with Gasteiger partial charge in [-0.25, -0.2) is 0 Å². The molecule has 5 heteroatoms. The van der Waals surface area contributed by atoms with E-state index < -0.39 is 0 Å². The van der Waals surface area contributed by atoms with E-state index in [0.29, 0.717) is 13.2 Å². The lowest BCUT2D eigenvalue weighted by Gasteiger charge is -2.29. The second kappa shape index (κ2) is 10.6. The van der Waals surface area contributed by atoms with Gasteiger partial charge in [-0.05, 0) is 42.7 Å². The molecule has 2 fully saturated rings. The van der Waals surface area contributed by atoms with E-state index in [1.807, 2.05) is 18.2 Å². The number of hydrogen-bond donors (Lipinski definition) is 2. The maximum atomic E-state index is 12.4. The van der Waals surface area contributed by atoms with Crippen molar-refractivity contribution >= 4 is 5.91 Å². The van der Waals surface area contributed by atoms with Gasteiger partial charge in [0, 0.05) is 37.5 Å². The molecule has 2 aromatic carbocycles. The Morgan fingerprint density at radius 3 is 2.47 bits per heavy atom. The standard InChI is InChI=1S/C25H32N2O3/c28-25(26-17-24-7-4-16-29-24)22-12-14-27(15-13-22)18-20-8-10-23(11-9-20)30-19-21-5-2-1-3-6-21/h1-3,5-6,8-11,22,24H,4,7,12-19H2,(H,26,28)/p+1/t24-/m1/s1. The van der Waals surface area contributed by atoms with E-state index in [0.717, 1.165) is 57.7 Å². The molecule has 2 saturated heterocycles. The molecule has 30 heavy (non-hydrogen) atoms. The number of nitrogens with one attached hydrogen (secondary N) is 2. The van der Waals surface area contributed by atoms with Crippen molar-refractivity contribution < 1.29 is 19.2 Å². The number of likely N-dealkylation sites (tertiary alicyclic amines) is 1. The van der Waals surface area contributed by atoms with Crippen LogP contribution in [0.4, 0.5) is 0 Å². The first-order valence-corrected chi connectivity index (χ1v) is 11.2. The molecule has 0 spiro atoms. The summed E-state index contributed by atoms with van der Waals surface area (Å²) >= 11 is 0. The van der Waals surface area contributed by atoms with Crippen LogP contribution in [0, 0.1) is 5.92 Å². The fourth-order valence-corrected chi connectivity index (χ4v) is 4.36. The van der Waals surface area contributed by atoms with Crippen molar-refractivity contribution in [2.45, 2.75) is 44.9 Å². The minimum absolute atomic E-state index is 0.156. The zero-order valence-electron chi connectivity index (χ0n) is 17.6. The van der Waals surface area contributed by atoms with Crippen molar-refractivity contribution in [1.29, 1.82) is 0 Å². The second-order valence-electron chi connectivity index (χ2n) is 8.50. The quantitative estimate of drug-likeness (QED) is 0.704. The molecule has 2 heterocycles. The molecule has 160 valence electrons. The third-order valence-corrected chi connectivity index (χ3v) is 6.22. The normalized spacial score (nSPS) is 23.8. The van der Waals surface area contributed by atoms with Crippen molar-refractivity contribution in [1.82, 2.24) is 5.32 Å². The number of amides is 1. The lowest BCUT2D eigenvalue weighted by molar-refractivity contribution is -0.919. The molecule has 0 bridgehead atoms. The first-order chi connectivity index (χ1) is 14.8. The van der Waals surface area contributed by atoms with Gasteiger partial charge < -0.3 is 19.7 Å². The van der Waals surface area contributed by atoms with Crippen LogP contribution in [-0.2, 0) is 22.7 Å². The topological polar surface area (TPSA) is 52.0 Å². The van der Waals surface area contributed by atoms with Gasteiger partial charge in [-0.1, -0.05) is 30.3 Å². The van der Waals surface area contributed by atoms with E-state index in [9.17, 15) is 4.79 Å². The molecule has 2 aliphatic heterocycles. The third kappa shape index (κ3) is 6.07. The largest absolute Gasteiger partial charge is 0.489 e. The number of ether oxygens (including phenoxy) is 2. The zero-order valence-corrected chi connectivity index (χ0v) is 17.6. The lowest BCUT2D eigenvalue weighted by Crippen LogP contribution is -3.11. The van der Waals surface area contributed by atoms with Gasteiger partial charge in [-0.15, -0.1) is 0 Å². The molecule has 0 aromatic heterocycles. The summed E-state index contributed by atoms with van der Waals surface area (Å²) in [6.07, 6.45) is 4.33. The van der Waals surface area contributed by atoms with E-state index in [1.54, 1.807) is 4.90 Å². The Hall–Kier alpha value is -2.37. The lowest BCUT2D eigenvalue weighted by atomic mass is 9.95. The first kappa shape index (κ1) is 20.9. The number of carbonyl (C=O) groups excluding carboxylic acids is 1. The molecule has 0 saturated carbocycles. The third-order valence-electron chi connectivity index (χ3n) is 6.22. The molecular formula is C25H33N2O3+. The van der Waals surface area contributed by atoms with Gasteiger partial charge >= 0.3 is 0 Å². The fourth-order valence-electron chi connectivity index (χ4n) is 4.36. The predicted octanol–water partition coefficient (Wildman–Crippen LogP) is 2.36. The van der Waals surface area contributed by atoms with Crippen molar-refractivity contribution in [2.75, 3.05) is 26.2 Å². The van der Waals surface area contributed by atoms with Gasteiger partial charge in [-0.3, -0.25) is 4.79 Å². The van der Waals surface area contributed by atoms with Gasteiger partial charge in [0.25, 0.3) is 0 Å². The van der Waals surface area contributed by atoms with Crippen LogP contribution in [0.25, 0.3) is 0 Å². The maximum absolute atomic E-state index is 12.4. The van der Waals surface area contributed by atoms with Crippen LogP contribution >= 0.6 is 0 Å². The monoisotopic (exact) mass is 409 g/mol. The van der Waals surface area contributed by atoms with Gasteiger partial charge in [0.05, 0.1) is 19.2 Å². The molecule has 1 atom stereocenters. The van der Waals surface area contributed by atoms with E-state index in [4.69, 9.17) is 9.47 Å². The summed E-state index contributed by atoms with van der Waals surface area (Å²) in [4.78, 5) is 14.0. The van der Waals surface area contributed by atoms with Gasteiger partial charge in [-0.2, -0.15) is 0 Å². The Bertz CT molecular complexity index is 780. The average Bonchev–Trinajstić information content (AvgIpc) is 3.32. The van der Waals surface area contributed by atoms with Crippen LogP contribution in [0.15, 0.2) is 54.6 Å². The number of rotatable bonds is 8. The number of benzene rings is 2. The van der Waals surface area contributed by atoms with E-state index >= 15 is 0 Å². The summed E-state index contributed by atoms with van der Waals surface area (Å²) in [5.41, 5.74) is 2.49. The number of piperidine rings is 1. The van der Waals surface area contributed by atoms with E-state index in [-0.39, 0.29) is 17.9 Å². The van der Waals surface area contributed by atoms with Crippen molar-refractivity contribution in [2.24, 2.45) is 5.92 Å². The first-order valence-electron chi connectivity index (χ1n) is 11.2. The Kier molecular flexibility index (Phi) is 7.38. The summed E-state index contributed by atoms with van der Waals surface area (Å²) < 4.78 is 11.5. The minimum Gasteiger partial charge on any atom is -0.489 e. The highest BCUT2D eigenvalue weighted by Gasteiger charge is 2.28. The molecule has 1 amide bonds. The average molecular weight is 410 g/mol. The Labute approximate surface area is 179 Å². The summed E-state index contributed by atoms with van der Waals surface area (Å²) in [6.45, 7) is 5.19. The molecule has 5 nitrogen and oxygen atoms in total. The summed E-state index contributed by atoms with van der Waals surface area (Å²) in [5.74, 6) is 1.27. The molecule has 2 aromatic rings. The molecule has 2 N–H and O–H groups in total. The van der Waals surface area contributed by atoms with Crippen molar-refractivity contribution in [3.63, 3.8) is 0 Å². The zero-order chi connectivity index (χ0) is 20.6. The smallest absolute Gasteiger partial charge is 0.223 e. The number of hydrogen-bond acceptors (Lipinski definition) is 3. The van der Waals surface area contributed by atoms with E-state index in [2.05, 4.69) is 41.7 Å². The summed E-state index contributed by atoms with van der Waals surface area (Å²) in [6, 6.07) is 18.7. The van der Waals surface area contributed by atoms with Crippen LogP contribution in [0.1, 0.15) is 36.8 Å². The van der Waals surface area contributed by atoms with Gasteiger partial charge in [0.15, 0.2) is 0 Å². The Balaban J connectivity index is 1.17. The summed E-state index contributed by atoms with van der Waals surface area (Å²) in [5, 5.41) is 3.10. The molecule has 0 radical (unpaired) electrons. The van der Waals surface area contributed by atoms with Crippen LogP contribution in [-0.4, -0.2) is 38.3 Å². The molecule has 4 rings (SSSR count).